The van der Waals surface area contributed by atoms with Crippen molar-refractivity contribution in [3.8, 4) is 5.75 Å². The molecule has 2 heterocycles. The van der Waals surface area contributed by atoms with Gasteiger partial charge in [0.15, 0.2) is 0 Å². The molecule has 2 unspecified atom stereocenters. The third-order valence-corrected chi connectivity index (χ3v) is 12.4. The topological polar surface area (TPSA) is 296 Å². The number of phenols is 1. The second-order valence-electron chi connectivity index (χ2n) is 18.4. The average molecular weight is 929 g/mol. The monoisotopic (exact) mass is 929 g/mol. The first kappa shape index (κ1) is 54.5. The molecule has 1 aromatic rings. The third kappa shape index (κ3) is 14.6. The van der Waals surface area contributed by atoms with Gasteiger partial charge in [-0.2, -0.15) is 0 Å². The molecule has 2 aliphatic heterocycles. The highest BCUT2D eigenvalue weighted by atomic mass is 16.5. The molecule has 3 rings (SSSR count). The Morgan fingerprint density at radius 1 is 0.833 bits per heavy atom. The van der Waals surface area contributed by atoms with Crippen molar-refractivity contribution in [1.29, 1.82) is 0 Å². The predicted octanol–water partition coefficient (Wildman–Crippen LogP) is 0.500. The van der Waals surface area contributed by atoms with E-state index >= 15 is 0 Å². The zero-order valence-corrected chi connectivity index (χ0v) is 39.9. The number of phenolic OH excluding ortho intramolecular Hbond substituents is 1. The summed E-state index contributed by atoms with van der Waals surface area (Å²) in [5, 5.41) is 34.6. The molecule has 2 saturated heterocycles. The van der Waals surface area contributed by atoms with Crippen LogP contribution in [-0.2, 0) is 54.3 Å². The normalized spacial score (nSPS) is 26.4. The highest BCUT2D eigenvalue weighted by molar-refractivity contribution is 5.98. The standard InChI is InChI=1S/C46H72N8O12/c1-11-25(7)36-45(64)53(10)33(22-28-13-15-29(55)16-14-28)42(61)51-37(26(8)12-2)46(65)66-27(9)38(52-40(59)30(17-19-34(47)56)48-39(58)24(5)6)43(62)49-31(21-23(3)4)44(63)54-32(41(60)50-36)18-20-35(54)57/h13-16,23-27,30-33,35-38,55,57H,11-12,17-22H2,1-10H3,(H2,47,56)(H,48,58)(H,49,62)(H,50,60)(H,51,61)(H,52,59)/t25?,26?,27-,30+,31+,32+,33+,35+,36+,37+,38+/m1/s1. The first-order valence-electron chi connectivity index (χ1n) is 23.0. The maximum absolute atomic E-state index is 14.6. The van der Waals surface area contributed by atoms with Crippen molar-refractivity contribution in [3.63, 3.8) is 0 Å². The SMILES string of the molecule is CCC(C)[C@@H]1NC(=O)[C@H](Cc2ccc(O)cc2)N(C)C(=O)[C@H](C(C)CC)NC(=O)[C@@H]2CC[C@H](O)N2C(=O)[C@H](CC(C)C)NC(=O)[C@@H](NC(=O)[C@H](CCC(N)=O)NC(=O)C(C)C)[C@@H](C)OC1=O. The number of likely N-dealkylation sites (N-methyl/N-ethyl adjacent to an activating group) is 1. The summed E-state index contributed by atoms with van der Waals surface area (Å²) in [4.78, 5) is 128. The zero-order valence-electron chi connectivity index (χ0n) is 39.9. The van der Waals surface area contributed by atoms with E-state index in [0.717, 1.165) is 4.90 Å². The average Bonchev–Trinajstić information content (AvgIpc) is 3.65. The van der Waals surface area contributed by atoms with Crippen LogP contribution in [-0.4, -0.2) is 135 Å². The van der Waals surface area contributed by atoms with Gasteiger partial charge in [0.05, 0.1) is 0 Å². The number of aliphatic hydroxyl groups excluding tert-OH is 1. The molecule has 20 nitrogen and oxygen atoms in total. The van der Waals surface area contributed by atoms with Crippen LogP contribution in [0.25, 0.3) is 0 Å². The summed E-state index contributed by atoms with van der Waals surface area (Å²) in [7, 11) is 1.40. The number of ether oxygens (including phenoxy) is 1. The Labute approximate surface area is 387 Å². The first-order chi connectivity index (χ1) is 30.9. The van der Waals surface area contributed by atoms with Crippen molar-refractivity contribution in [1.82, 2.24) is 36.4 Å². The van der Waals surface area contributed by atoms with Crippen molar-refractivity contribution in [2.45, 2.75) is 168 Å². The van der Waals surface area contributed by atoms with Gasteiger partial charge in [-0.25, -0.2) is 4.79 Å². The number of nitrogens with zero attached hydrogens (tertiary/aromatic N) is 2. The van der Waals surface area contributed by atoms with Crippen molar-refractivity contribution in [3.05, 3.63) is 29.8 Å². The number of fused-ring (bicyclic) bond motifs is 1. The lowest BCUT2D eigenvalue weighted by Gasteiger charge is -2.35. The molecular weight excluding hydrogens is 857 g/mol. The fraction of sp³-hybridized carbons (Fsp3) is 0.674. The number of primary amides is 1. The highest BCUT2D eigenvalue weighted by Crippen LogP contribution is 2.27. The van der Waals surface area contributed by atoms with E-state index in [0.29, 0.717) is 18.4 Å². The number of amides is 8. The van der Waals surface area contributed by atoms with Gasteiger partial charge in [0, 0.05) is 25.8 Å². The van der Waals surface area contributed by atoms with Crippen molar-refractivity contribution in [2.24, 2.45) is 29.4 Å². The number of hydrogen-bond acceptors (Lipinski definition) is 12. The lowest BCUT2D eigenvalue weighted by atomic mass is 9.95. The number of carbonyl (C=O) groups excluding carboxylic acids is 9. The number of aromatic hydroxyl groups is 1. The molecule has 66 heavy (non-hydrogen) atoms. The molecular formula is C46H72N8O12. The van der Waals surface area contributed by atoms with E-state index in [-0.39, 0.29) is 50.2 Å². The number of cyclic esters (lactones) is 1. The van der Waals surface area contributed by atoms with Gasteiger partial charge in [-0.05, 0) is 68.1 Å². The second-order valence-corrected chi connectivity index (χ2v) is 18.4. The molecule has 0 saturated carbocycles. The molecule has 0 bridgehead atoms. The summed E-state index contributed by atoms with van der Waals surface area (Å²) in [5.74, 6) is -9.24. The minimum atomic E-state index is -1.77. The van der Waals surface area contributed by atoms with E-state index in [1.807, 2.05) is 6.92 Å². The molecule has 0 aromatic heterocycles. The van der Waals surface area contributed by atoms with Crippen LogP contribution < -0.4 is 32.3 Å². The molecule has 0 spiro atoms. The van der Waals surface area contributed by atoms with E-state index in [4.69, 9.17) is 10.5 Å². The third-order valence-electron chi connectivity index (χ3n) is 12.4. The van der Waals surface area contributed by atoms with Crippen LogP contribution in [0.1, 0.15) is 113 Å². The van der Waals surface area contributed by atoms with Crippen LogP contribution in [0.4, 0.5) is 0 Å². The Hall–Kier alpha value is -5.79. The van der Waals surface area contributed by atoms with E-state index in [9.17, 15) is 53.4 Å². The largest absolute Gasteiger partial charge is 0.508 e. The number of rotatable bonds is 15. The maximum Gasteiger partial charge on any atom is 0.329 e. The van der Waals surface area contributed by atoms with Crippen LogP contribution in [0.5, 0.6) is 5.75 Å². The van der Waals surface area contributed by atoms with Crippen molar-refractivity contribution >= 4 is 53.2 Å². The summed E-state index contributed by atoms with van der Waals surface area (Å²) < 4.78 is 5.91. The maximum atomic E-state index is 14.6. The molecule has 1 aromatic carbocycles. The van der Waals surface area contributed by atoms with Gasteiger partial charge in [0.25, 0.3) is 0 Å². The summed E-state index contributed by atoms with van der Waals surface area (Å²) in [6.45, 7) is 15.0. The van der Waals surface area contributed by atoms with Crippen molar-refractivity contribution < 1.29 is 58.1 Å². The van der Waals surface area contributed by atoms with Crippen LogP contribution in [0.3, 0.4) is 0 Å². The fourth-order valence-electron chi connectivity index (χ4n) is 7.84. The lowest BCUT2D eigenvalue weighted by molar-refractivity contribution is -0.158. The smallest absolute Gasteiger partial charge is 0.329 e. The minimum absolute atomic E-state index is 0.00167. The number of carbonyl (C=O) groups is 9. The number of nitrogens with one attached hydrogen (secondary N) is 5. The first-order valence-corrected chi connectivity index (χ1v) is 23.0. The van der Waals surface area contributed by atoms with E-state index in [1.54, 1.807) is 60.6 Å². The molecule has 20 heteroatoms. The molecule has 9 N–H and O–H groups in total. The van der Waals surface area contributed by atoms with Gasteiger partial charge in [0.2, 0.25) is 47.3 Å². The van der Waals surface area contributed by atoms with Crippen molar-refractivity contribution in [2.75, 3.05) is 7.05 Å². The summed E-state index contributed by atoms with van der Waals surface area (Å²) in [6.07, 6.45) is -2.93. The van der Waals surface area contributed by atoms with Gasteiger partial charge in [-0.1, -0.05) is 80.4 Å². The Balaban J connectivity index is 2.27. The number of aliphatic hydroxyl groups is 1. The number of benzene rings is 1. The molecule has 0 aliphatic carbocycles. The lowest BCUT2D eigenvalue weighted by Crippen LogP contribution is -2.62. The zero-order chi connectivity index (χ0) is 49.7. The molecule has 2 fully saturated rings. The molecule has 0 radical (unpaired) electrons. The summed E-state index contributed by atoms with van der Waals surface area (Å²) >= 11 is 0. The van der Waals surface area contributed by atoms with E-state index in [1.165, 1.54) is 31.0 Å². The van der Waals surface area contributed by atoms with Crippen LogP contribution in [0.15, 0.2) is 24.3 Å². The summed E-state index contributed by atoms with van der Waals surface area (Å²) in [5.41, 5.74) is 5.92. The van der Waals surface area contributed by atoms with Crippen LogP contribution >= 0.6 is 0 Å². The van der Waals surface area contributed by atoms with E-state index < -0.39 is 126 Å². The fourth-order valence-corrected chi connectivity index (χ4v) is 7.84. The number of hydrogen-bond donors (Lipinski definition) is 8. The van der Waals surface area contributed by atoms with Crippen LogP contribution in [0.2, 0.25) is 0 Å². The quantitative estimate of drug-likeness (QED) is 0.112. The van der Waals surface area contributed by atoms with Gasteiger partial charge < -0.3 is 57.1 Å². The van der Waals surface area contributed by atoms with Gasteiger partial charge in [-0.15, -0.1) is 0 Å². The van der Waals surface area contributed by atoms with Gasteiger partial charge in [0.1, 0.15) is 60.4 Å². The molecule has 2 aliphatic rings. The summed E-state index contributed by atoms with van der Waals surface area (Å²) in [6, 6.07) is -3.76. The Kier molecular flexibility index (Phi) is 20.4. The molecule has 368 valence electrons. The molecule has 11 atom stereocenters. The highest BCUT2D eigenvalue weighted by Gasteiger charge is 2.46. The van der Waals surface area contributed by atoms with E-state index in [2.05, 4.69) is 26.6 Å². The van der Waals surface area contributed by atoms with Crippen LogP contribution in [0, 0.1) is 23.7 Å². The van der Waals surface area contributed by atoms with Gasteiger partial charge >= 0.3 is 5.97 Å². The number of nitrogens with two attached hydrogens (primary N) is 1. The molecule has 8 amide bonds. The Bertz CT molecular complexity index is 1910. The van der Waals surface area contributed by atoms with Gasteiger partial charge in [-0.3, -0.25) is 38.4 Å². The second kappa shape index (κ2) is 24.7. The number of esters is 1. The Morgan fingerprint density at radius 2 is 1.42 bits per heavy atom. The predicted molar refractivity (Wildman–Crippen MR) is 241 cm³/mol. The minimum Gasteiger partial charge on any atom is -0.508 e. The Morgan fingerprint density at radius 3 is 1.98 bits per heavy atom.